The zero-order valence-corrected chi connectivity index (χ0v) is 14.5. The third-order valence-corrected chi connectivity index (χ3v) is 5.35. The molecule has 2 heterocycles. The Hall–Kier alpha value is -1.95. The number of carbonyl (C=O) groups excluding carboxylic acids is 1. The third kappa shape index (κ3) is 3.52. The zero-order chi connectivity index (χ0) is 16.4. The summed E-state index contributed by atoms with van der Waals surface area (Å²) in [5.74, 6) is -0.152. The minimum absolute atomic E-state index is 0.101. The van der Waals surface area contributed by atoms with Gasteiger partial charge in [0.2, 0.25) is 0 Å². The number of hydrogen-bond acceptors (Lipinski definition) is 4. The van der Waals surface area contributed by atoms with E-state index < -0.39 is 0 Å². The van der Waals surface area contributed by atoms with Crippen LogP contribution < -0.4 is 14.8 Å². The van der Waals surface area contributed by atoms with Crippen LogP contribution in [0.5, 0.6) is 0 Å². The average molecular weight is 362 g/mol. The molecule has 0 atom stereocenters. The van der Waals surface area contributed by atoms with Gasteiger partial charge in [-0.3, -0.25) is 9.59 Å². The summed E-state index contributed by atoms with van der Waals surface area (Å²) in [6, 6.07) is 8.64. The molecular formula is C17H12ClNO2S2. The van der Waals surface area contributed by atoms with E-state index in [1.165, 1.54) is 22.0 Å². The largest absolute Gasteiger partial charge is 0.302 e. The molecule has 0 radical (unpaired) electrons. The summed E-state index contributed by atoms with van der Waals surface area (Å²) in [4.78, 5) is 24.6. The van der Waals surface area contributed by atoms with Crippen LogP contribution in [0.2, 0.25) is 5.02 Å². The Kier molecular flexibility index (Phi) is 4.61. The van der Waals surface area contributed by atoms with E-state index >= 15 is 0 Å². The first-order valence-corrected chi connectivity index (χ1v) is 8.90. The molecule has 116 valence electrons. The molecule has 3 aromatic rings. The van der Waals surface area contributed by atoms with Crippen LogP contribution in [0.4, 0.5) is 0 Å². The number of hydrogen-bond donors (Lipinski definition) is 0. The Morgan fingerprint density at radius 1 is 1.22 bits per heavy atom. The second-order valence-corrected chi connectivity index (χ2v) is 7.16. The van der Waals surface area contributed by atoms with Crippen molar-refractivity contribution in [1.29, 1.82) is 0 Å². The van der Waals surface area contributed by atoms with E-state index in [1.54, 1.807) is 42.6 Å². The molecule has 0 fully saturated rings. The van der Waals surface area contributed by atoms with Gasteiger partial charge in [0.1, 0.15) is 4.66 Å². The van der Waals surface area contributed by atoms with Crippen molar-refractivity contribution in [3.63, 3.8) is 0 Å². The number of benzene rings is 1. The SMILES string of the molecule is Cn1c(=O)/c(=C\c2ccsc2)s/c1=C\C(=O)c1ccc(Cl)cc1. The Morgan fingerprint density at radius 3 is 2.61 bits per heavy atom. The van der Waals surface area contributed by atoms with Crippen LogP contribution in [0.15, 0.2) is 45.9 Å². The molecule has 0 aliphatic heterocycles. The summed E-state index contributed by atoms with van der Waals surface area (Å²) < 4.78 is 2.73. The van der Waals surface area contributed by atoms with Gasteiger partial charge in [0.15, 0.2) is 5.78 Å². The number of ketones is 1. The van der Waals surface area contributed by atoms with Gasteiger partial charge < -0.3 is 4.57 Å². The number of thiophene rings is 1. The van der Waals surface area contributed by atoms with Crippen LogP contribution in [-0.4, -0.2) is 10.4 Å². The van der Waals surface area contributed by atoms with Crippen LogP contribution >= 0.6 is 34.3 Å². The maximum absolute atomic E-state index is 12.3. The van der Waals surface area contributed by atoms with Crippen LogP contribution in [0.1, 0.15) is 15.9 Å². The lowest BCUT2D eigenvalue weighted by atomic mass is 10.1. The highest BCUT2D eigenvalue weighted by Gasteiger charge is 2.05. The third-order valence-electron chi connectivity index (χ3n) is 3.28. The standard InChI is InChI=1S/C17H12ClNO2S2/c1-19-16(9-14(20)12-2-4-13(18)5-3-12)23-15(17(19)21)8-11-6-7-22-10-11/h2-10H,1H3/b15-8+,16-9-. The molecule has 3 rings (SSSR count). The number of carbonyl (C=O) groups is 1. The topological polar surface area (TPSA) is 39.1 Å². The molecule has 0 aliphatic carbocycles. The molecule has 0 bridgehead atoms. The fourth-order valence-electron chi connectivity index (χ4n) is 2.03. The summed E-state index contributed by atoms with van der Waals surface area (Å²) in [6.45, 7) is 0. The summed E-state index contributed by atoms with van der Waals surface area (Å²) in [5, 5.41) is 4.51. The number of halogens is 1. The smallest absolute Gasteiger partial charge is 0.268 e. The second-order valence-electron chi connectivity index (χ2n) is 4.89. The molecule has 6 heteroatoms. The van der Waals surface area contributed by atoms with Gasteiger partial charge in [-0.05, 0) is 52.7 Å². The highest BCUT2D eigenvalue weighted by molar-refractivity contribution is 7.08. The maximum Gasteiger partial charge on any atom is 0.268 e. The number of rotatable bonds is 3. The first-order chi connectivity index (χ1) is 11.0. The number of Topliss-reactive ketones (excluding diaryl/α,β-unsaturated/α-hetero) is 1. The number of nitrogens with zero attached hydrogens (tertiary/aromatic N) is 1. The van der Waals surface area contributed by atoms with Crippen LogP contribution in [0.25, 0.3) is 12.2 Å². The van der Waals surface area contributed by atoms with E-state index in [4.69, 9.17) is 11.6 Å². The Bertz CT molecular complexity index is 1010. The Balaban J connectivity index is 2.05. The van der Waals surface area contributed by atoms with Crippen molar-refractivity contribution >= 4 is 52.2 Å². The lowest BCUT2D eigenvalue weighted by Gasteiger charge is -1.95. The second kappa shape index (κ2) is 6.66. The fraction of sp³-hybridized carbons (Fsp3) is 0.0588. The van der Waals surface area contributed by atoms with Gasteiger partial charge in [-0.1, -0.05) is 11.6 Å². The van der Waals surface area contributed by atoms with Crippen LogP contribution in [-0.2, 0) is 7.05 Å². The minimum atomic E-state index is -0.152. The predicted molar refractivity (Wildman–Crippen MR) is 96.9 cm³/mol. The average Bonchev–Trinajstić information content (AvgIpc) is 3.13. The van der Waals surface area contributed by atoms with Crippen molar-refractivity contribution in [3.8, 4) is 0 Å². The van der Waals surface area contributed by atoms with Gasteiger partial charge in [-0.15, -0.1) is 11.3 Å². The van der Waals surface area contributed by atoms with Gasteiger partial charge in [0.25, 0.3) is 5.56 Å². The van der Waals surface area contributed by atoms with Crippen molar-refractivity contribution in [2.75, 3.05) is 0 Å². The highest BCUT2D eigenvalue weighted by atomic mass is 35.5. The van der Waals surface area contributed by atoms with E-state index in [1.807, 2.05) is 22.9 Å². The summed E-state index contributed by atoms with van der Waals surface area (Å²) >= 11 is 8.71. The molecule has 0 N–H and O–H groups in total. The van der Waals surface area contributed by atoms with Gasteiger partial charge >= 0.3 is 0 Å². The van der Waals surface area contributed by atoms with Crippen molar-refractivity contribution in [2.45, 2.75) is 0 Å². The molecule has 0 aliphatic rings. The summed E-state index contributed by atoms with van der Waals surface area (Å²) in [6.07, 6.45) is 3.33. The van der Waals surface area contributed by atoms with Crippen LogP contribution in [0.3, 0.4) is 0 Å². The highest BCUT2D eigenvalue weighted by Crippen LogP contribution is 2.10. The molecule has 0 saturated heterocycles. The molecule has 0 unspecified atom stereocenters. The van der Waals surface area contributed by atoms with Crippen molar-refractivity contribution in [3.05, 3.63) is 76.8 Å². The Morgan fingerprint density at radius 2 is 1.96 bits per heavy atom. The quantitative estimate of drug-likeness (QED) is 0.673. The van der Waals surface area contributed by atoms with Gasteiger partial charge in [-0.2, -0.15) is 11.3 Å². The van der Waals surface area contributed by atoms with E-state index in [0.717, 1.165) is 5.56 Å². The number of thiazole rings is 1. The lowest BCUT2D eigenvalue weighted by molar-refractivity contribution is 0.106. The Labute approximate surface area is 145 Å². The lowest BCUT2D eigenvalue weighted by Crippen LogP contribution is -2.29. The van der Waals surface area contributed by atoms with Gasteiger partial charge in [0.05, 0.1) is 4.53 Å². The maximum atomic E-state index is 12.3. The molecule has 3 nitrogen and oxygen atoms in total. The molecule has 0 spiro atoms. The van der Waals surface area contributed by atoms with E-state index in [2.05, 4.69) is 0 Å². The molecule has 0 saturated carbocycles. The fourth-order valence-corrected chi connectivity index (χ4v) is 3.80. The predicted octanol–water partition coefficient (Wildman–Crippen LogP) is 2.65. The summed E-state index contributed by atoms with van der Waals surface area (Å²) in [7, 11) is 1.67. The first kappa shape index (κ1) is 15.9. The van der Waals surface area contributed by atoms with E-state index in [-0.39, 0.29) is 11.3 Å². The minimum Gasteiger partial charge on any atom is -0.302 e. The number of aromatic nitrogens is 1. The van der Waals surface area contributed by atoms with Crippen molar-refractivity contribution in [2.24, 2.45) is 7.05 Å². The molecule has 2 aromatic heterocycles. The van der Waals surface area contributed by atoms with Gasteiger partial charge in [0, 0.05) is 23.7 Å². The molecule has 0 amide bonds. The van der Waals surface area contributed by atoms with Crippen molar-refractivity contribution < 1.29 is 4.79 Å². The zero-order valence-electron chi connectivity index (χ0n) is 12.2. The summed E-state index contributed by atoms with van der Waals surface area (Å²) in [5.41, 5.74) is 1.43. The van der Waals surface area contributed by atoms with Crippen molar-refractivity contribution in [1.82, 2.24) is 4.57 Å². The molecular weight excluding hydrogens is 350 g/mol. The monoisotopic (exact) mass is 361 g/mol. The molecule has 23 heavy (non-hydrogen) atoms. The van der Waals surface area contributed by atoms with E-state index in [0.29, 0.717) is 19.8 Å². The van der Waals surface area contributed by atoms with Gasteiger partial charge in [-0.25, -0.2) is 0 Å². The molecule has 1 aromatic carbocycles. The first-order valence-electron chi connectivity index (χ1n) is 6.76. The van der Waals surface area contributed by atoms with E-state index in [9.17, 15) is 9.59 Å². The van der Waals surface area contributed by atoms with Crippen LogP contribution in [0, 0.1) is 0 Å². The normalized spacial score (nSPS) is 12.8.